The predicted octanol–water partition coefficient (Wildman–Crippen LogP) is 6.15. The zero-order valence-electron chi connectivity index (χ0n) is 20.6. The molecule has 2 aromatic carbocycles. The lowest BCUT2D eigenvalue weighted by Gasteiger charge is -2.19. The number of nitrogens with zero attached hydrogens (tertiary/aromatic N) is 4. The van der Waals surface area contributed by atoms with Crippen LogP contribution in [-0.2, 0) is 10.2 Å². The van der Waals surface area contributed by atoms with Crippen molar-refractivity contribution in [2.45, 2.75) is 45.2 Å². The average Bonchev–Trinajstić information content (AvgIpc) is 3.44. The van der Waals surface area contributed by atoms with Crippen LogP contribution in [0.4, 0.5) is 0 Å². The maximum absolute atomic E-state index is 12.4. The maximum Gasteiger partial charge on any atom is 0.250 e. The molecule has 4 aromatic rings. The Morgan fingerprint density at radius 1 is 1.03 bits per heavy atom. The van der Waals surface area contributed by atoms with Gasteiger partial charge in [0.25, 0.3) is 5.91 Å². The number of nitrogens with one attached hydrogen (secondary N) is 1. The third-order valence-electron chi connectivity index (χ3n) is 5.41. The van der Waals surface area contributed by atoms with Crippen molar-refractivity contribution in [2.24, 2.45) is 5.10 Å². The molecule has 2 heterocycles. The molecule has 0 radical (unpaired) electrons. The lowest BCUT2D eigenvalue weighted by molar-refractivity contribution is -0.118. The van der Waals surface area contributed by atoms with Crippen LogP contribution >= 0.6 is 23.1 Å². The molecule has 1 N–H and O–H groups in total. The number of benzene rings is 2. The van der Waals surface area contributed by atoms with Gasteiger partial charge in [0.1, 0.15) is 0 Å². The minimum atomic E-state index is -0.200. The van der Waals surface area contributed by atoms with E-state index < -0.39 is 0 Å². The van der Waals surface area contributed by atoms with E-state index >= 15 is 0 Å². The maximum atomic E-state index is 12.4. The third kappa shape index (κ3) is 6.26. The Balaban J connectivity index is 1.55. The van der Waals surface area contributed by atoms with Crippen LogP contribution in [-0.4, -0.2) is 32.6 Å². The van der Waals surface area contributed by atoms with Crippen LogP contribution in [0.25, 0.3) is 17.1 Å². The molecule has 0 atom stereocenters. The topological polar surface area (TPSA) is 72.2 Å². The molecule has 180 valence electrons. The van der Waals surface area contributed by atoms with Gasteiger partial charge in [0.2, 0.25) is 0 Å². The van der Waals surface area contributed by atoms with Gasteiger partial charge in [-0.15, -0.1) is 21.5 Å². The zero-order valence-corrected chi connectivity index (χ0v) is 22.2. The summed E-state index contributed by atoms with van der Waals surface area (Å²) in [5.74, 6) is 0.714. The number of hydrazone groups is 1. The summed E-state index contributed by atoms with van der Waals surface area (Å²) < 4.78 is 2.00. The Bertz CT molecular complexity index is 1330. The second kappa shape index (κ2) is 10.6. The molecule has 0 aliphatic carbocycles. The molecule has 2 aromatic heterocycles. The fourth-order valence-electron chi connectivity index (χ4n) is 3.45. The zero-order chi connectivity index (χ0) is 25.0. The highest BCUT2D eigenvalue weighted by molar-refractivity contribution is 7.99. The standard InChI is InChI=1S/C27H29N5OS2/c1-18-6-13-22(14-7-18)32-25(20-9-11-21(12-10-20)27(3,4)5)30-31-26(32)34-17-24(33)29-28-16-23-15-8-19(2)35-23/h6-16H,17H2,1-5H3,(H,29,33)/b28-16+. The van der Waals surface area contributed by atoms with Crippen LogP contribution in [0.15, 0.2) is 70.9 Å². The molecule has 0 saturated carbocycles. The Morgan fingerprint density at radius 2 is 1.74 bits per heavy atom. The number of thiophene rings is 1. The monoisotopic (exact) mass is 503 g/mol. The minimum Gasteiger partial charge on any atom is -0.272 e. The largest absolute Gasteiger partial charge is 0.272 e. The first-order valence-corrected chi connectivity index (χ1v) is 13.2. The van der Waals surface area contributed by atoms with Crippen molar-refractivity contribution in [1.29, 1.82) is 0 Å². The summed E-state index contributed by atoms with van der Waals surface area (Å²) in [6.07, 6.45) is 1.66. The summed E-state index contributed by atoms with van der Waals surface area (Å²) in [5.41, 5.74) is 7.01. The molecule has 0 fully saturated rings. The quantitative estimate of drug-likeness (QED) is 0.186. The van der Waals surface area contributed by atoms with Gasteiger partial charge in [-0.3, -0.25) is 9.36 Å². The summed E-state index contributed by atoms with van der Waals surface area (Å²) in [4.78, 5) is 14.6. The van der Waals surface area contributed by atoms with E-state index in [1.165, 1.54) is 27.8 Å². The van der Waals surface area contributed by atoms with Crippen molar-refractivity contribution in [3.05, 3.63) is 81.5 Å². The lowest BCUT2D eigenvalue weighted by Crippen LogP contribution is -2.19. The molecule has 8 heteroatoms. The van der Waals surface area contributed by atoms with Gasteiger partial charge in [0, 0.05) is 21.0 Å². The second-order valence-electron chi connectivity index (χ2n) is 9.33. The number of amides is 1. The van der Waals surface area contributed by atoms with E-state index in [0.29, 0.717) is 5.16 Å². The molecule has 35 heavy (non-hydrogen) atoms. The number of hydrogen-bond acceptors (Lipinski definition) is 6. The highest BCUT2D eigenvalue weighted by atomic mass is 32.2. The van der Waals surface area contributed by atoms with Crippen molar-refractivity contribution in [1.82, 2.24) is 20.2 Å². The fourth-order valence-corrected chi connectivity index (χ4v) is 4.94. The van der Waals surface area contributed by atoms with Crippen LogP contribution in [0.1, 0.15) is 41.7 Å². The second-order valence-corrected chi connectivity index (χ2v) is 11.6. The fraction of sp³-hybridized carbons (Fsp3) is 0.259. The lowest BCUT2D eigenvalue weighted by atomic mass is 9.87. The molecular weight excluding hydrogens is 474 g/mol. The Morgan fingerprint density at radius 3 is 2.37 bits per heavy atom. The predicted molar refractivity (Wildman–Crippen MR) is 146 cm³/mol. The summed E-state index contributed by atoms with van der Waals surface area (Å²) in [6, 6.07) is 20.6. The Hall–Kier alpha value is -3.23. The third-order valence-corrected chi connectivity index (χ3v) is 7.27. The molecule has 0 aliphatic rings. The number of aromatic nitrogens is 3. The van der Waals surface area contributed by atoms with Crippen LogP contribution in [0, 0.1) is 13.8 Å². The van der Waals surface area contributed by atoms with Gasteiger partial charge in [-0.25, -0.2) is 5.43 Å². The molecule has 0 spiro atoms. The molecule has 0 bridgehead atoms. The van der Waals surface area contributed by atoms with Crippen molar-refractivity contribution in [3.63, 3.8) is 0 Å². The first-order chi connectivity index (χ1) is 16.7. The van der Waals surface area contributed by atoms with Gasteiger partial charge >= 0.3 is 0 Å². The molecule has 0 saturated heterocycles. The molecule has 6 nitrogen and oxygen atoms in total. The number of aryl methyl sites for hydroxylation is 2. The van der Waals surface area contributed by atoms with Crippen LogP contribution in [0.3, 0.4) is 0 Å². The first kappa shape index (κ1) is 24.9. The van der Waals surface area contributed by atoms with E-state index in [4.69, 9.17) is 0 Å². The van der Waals surface area contributed by atoms with Gasteiger partial charge in [-0.1, -0.05) is 74.5 Å². The molecule has 0 unspecified atom stereocenters. The summed E-state index contributed by atoms with van der Waals surface area (Å²) in [7, 11) is 0. The van der Waals surface area contributed by atoms with E-state index in [1.807, 2.05) is 35.8 Å². The smallest absolute Gasteiger partial charge is 0.250 e. The number of carbonyl (C=O) groups excluding carboxylic acids is 1. The van der Waals surface area contributed by atoms with E-state index in [-0.39, 0.29) is 17.1 Å². The minimum absolute atomic E-state index is 0.0718. The van der Waals surface area contributed by atoms with E-state index in [1.54, 1.807) is 17.6 Å². The van der Waals surface area contributed by atoms with Crippen LogP contribution in [0.2, 0.25) is 0 Å². The van der Waals surface area contributed by atoms with E-state index in [2.05, 4.69) is 84.8 Å². The Labute approximate surface area is 214 Å². The average molecular weight is 504 g/mol. The van der Waals surface area contributed by atoms with Crippen molar-refractivity contribution >= 4 is 35.2 Å². The highest BCUT2D eigenvalue weighted by Gasteiger charge is 2.19. The van der Waals surface area contributed by atoms with Gasteiger partial charge in [-0.2, -0.15) is 5.10 Å². The van der Waals surface area contributed by atoms with Crippen LogP contribution < -0.4 is 5.43 Å². The van der Waals surface area contributed by atoms with Gasteiger partial charge in [0.05, 0.1) is 12.0 Å². The van der Waals surface area contributed by atoms with Gasteiger partial charge in [0.15, 0.2) is 11.0 Å². The summed E-state index contributed by atoms with van der Waals surface area (Å²) in [5, 5.41) is 13.6. The van der Waals surface area contributed by atoms with Crippen molar-refractivity contribution in [2.75, 3.05) is 5.75 Å². The van der Waals surface area contributed by atoms with Crippen LogP contribution in [0.5, 0.6) is 0 Å². The van der Waals surface area contributed by atoms with Gasteiger partial charge < -0.3 is 0 Å². The molecular formula is C27H29N5OS2. The molecule has 4 rings (SSSR count). The Kier molecular flexibility index (Phi) is 7.52. The van der Waals surface area contributed by atoms with Crippen molar-refractivity contribution < 1.29 is 4.79 Å². The number of thioether (sulfide) groups is 1. The van der Waals surface area contributed by atoms with Crippen molar-refractivity contribution in [3.8, 4) is 17.1 Å². The molecule has 0 aliphatic heterocycles. The number of rotatable bonds is 7. The number of hydrogen-bond donors (Lipinski definition) is 1. The summed E-state index contributed by atoms with van der Waals surface area (Å²) >= 11 is 2.96. The highest BCUT2D eigenvalue weighted by Crippen LogP contribution is 2.30. The summed E-state index contributed by atoms with van der Waals surface area (Å²) in [6.45, 7) is 10.7. The normalized spacial score (nSPS) is 11.8. The van der Waals surface area contributed by atoms with E-state index in [9.17, 15) is 4.79 Å². The van der Waals surface area contributed by atoms with E-state index in [0.717, 1.165) is 22.0 Å². The first-order valence-electron chi connectivity index (χ1n) is 11.4. The SMILES string of the molecule is Cc1ccc(-n2c(SCC(=O)N/N=C/c3ccc(C)s3)nnc2-c2ccc(C(C)(C)C)cc2)cc1. The number of carbonyl (C=O) groups is 1. The van der Waals surface area contributed by atoms with Gasteiger partial charge in [-0.05, 0) is 49.1 Å². The molecule has 1 amide bonds.